The predicted molar refractivity (Wildman–Crippen MR) is 105 cm³/mol. The van der Waals surface area contributed by atoms with Crippen molar-refractivity contribution >= 4 is 22.8 Å². The number of hydrogen-bond donors (Lipinski definition) is 2. The lowest BCUT2D eigenvalue weighted by Crippen LogP contribution is -2.14. The number of carbonyl (C=O) groups is 1. The number of aromatic nitrogens is 3. The van der Waals surface area contributed by atoms with Crippen molar-refractivity contribution in [2.24, 2.45) is 0 Å². The lowest BCUT2D eigenvalue weighted by atomic mass is 10.0. The molecule has 0 aliphatic carbocycles. The summed E-state index contributed by atoms with van der Waals surface area (Å²) >= 11 is 0. The molecule has 9 nitrogen and oxygen atoms in total. The third-order valence-corrected chi connectivity index (χ3v) is 4.96. The minimum atomic E-state index is -0.405. The smallest absolute Gasteiger partial charge is 0.336 e. The van der Waals surface area contributed by atoms with Crippen LogP contribution in [0.1, 0.15) is 42.3 Å². The summed E-state index contributed by atoms with van der Waals surface area (Å²) in [5, 5.41) is 10.4. The van der Waals surface area contributed by atoms with Crippen LogP contribution in [0.15, 0.2) is 27.4 Å². The lowest BCUT2D eigenvalue weighted by Gasteiger charge is -2.10. The molecular formula is C20H22N4O5. The molecule has 29 heavy (non-hydrogen) atoms. The highest BCUT2D eigenvalue weighted by Gasteiger charge is 2.22. The first kappa shape index (κ1) is 19.1. The quantitative estimate of drug-likeness (QED) is 0.613. The van der Waals surface area contributed by atoms with Crippen LogP contribution in [0.3, 0.4) is 0 Å². The van der Waals surface area contributed by atoms with Gasteiger partial charge in [0.1, 0.15) is 17.4 Å². The van der Waals surface area contributed by atoms with Gasteiger partial charge in [-0.3, -0.25) is 15.2 Å². The molecule has 1 atom stereocenters. The molecule has 1 fully saturated rings. The van der Waals surface area contributed by atoms with E-state index in [0.717, 1.165) is 29.4 Å². The van der Waals surface area contributed by atoms with Gasteiger partial charge >= 0.3 is 5.63 Å². The van der Waals surface area contributed by atoms with Crippen molar-refractivity contribution in [2.45, 2.75) is 38.7 Å². The van der Waals surface area contributed by atoms with Crippen LogP contribution in [0, 0.1) is 6.92 Å². The maximum Gasteiger partial charge on any atom is 0.336 e. The summed E-state index contributed by atoms with van der Waals surface area (Å²) in [7, 11) is 1.54. The van der Waals surface area contributed by atoms with Gasteiger partial charge in [0, 0.05) is 30.5 Å². The first-order chi connectivity index (χ1) is 14.0. The molecule has 2 N–H and O–H groups in total. The van der Waals surface area contributed by atoms with Gasteiger partial charge in [-0.05, 0) is 43.4 Å². The number of nitrogens with one attached hydrogen (secondary N) is 2. The number of amides is 1. The Morgan fingerprint density at radius 2 is 2.24 bits per heavy atom. The zero-order valence-electron chi connectivity index (χ0n) is 16.3. The van der Waals surface area contributed by atoms with Gasteiger partial charge in [0.2, 0.25) is 11.9 Å². The van der Waals surface area contributed by atoms with Gasteiger partial charge in [-0.1, -0.05) is 0 Å². The van der Waals surface area contributed by atoms with Crippen molar-refractivity contribution < 1.29 is 18.7 Å². The van der Waals surface area contributed by atoms with Crippen LogP contribution >= 0.6 is 0 Å². The zero-order chi connectivity index (χ0) is 20.4. The summed E-state index contributed by atoms with van der Waals surface area (Å²) < 4.78 is 16.2. The van der Waals surface area contributed by atoms with E-state index in [2.05, 4.69) is 20.5 Å². The van der Waals surface area contributed by atoms with E-state index in [4.69, 9.17) is 13.9 Å². The summed E-state index contributed by atoms with van der Waals surface area (Å²) in [4.78, 5) is 28.2. The van der Waals surface area contributed by atoms with Crippen LogP contribution in [-0.2, 0) is 16.0 Å². The predicted octanol–water partition coefficient (Wildman–Crippen LogP) is 2.65. The number of aromatic amines is 1. The van der Waals surface area contributed by atoms with Crippen molar-refractivity contribution in [3.8, 4) is 5.75 Å². The van der Waals surface area contributed by atoms with Crippen molar-refractivity contribution in [3.05, 3.63) is 45.6 Å². The van der Waals surface area contributed by atoms with Crippen LogP contribution < -0.4 is 15.7 Å². The average molecular weight is 398 g/mol. The van der Waals surface area contributed by atoms with Gasteiger partial charge in [0.05, 0.1) is 7.11 Å². The van der Waals surface area contributed by atoms with E-state index in [0.29, 0.717) is 30.2 Å². The molecule has 9 heteroatoms. The molecule has 0 saturated carbocycles. The maximum atomic E-state index is 12.4. The third-order valence-electron chi connectivity index (χ3n) is 4.96. The van der Waals surface area contributed by atoms with Crippen molar-refractivity contribution in [2.75, 3.05) is 19.0 Å². The summed E-state index contributed by atoms with van der Waals surface area (Å²) in [6.07, 6.45) is 2.47. The number of anilines is 1. The lowest BCUT2D eigenvalue weighted by molar-refractivity contribution is -0.116. The van der Waals surface area contributed by atoms with Crippen molar-refractivity contribution in [1.29, 1.82) is 0 Å². The number of carbonyl (C=O) groups excluding carboxylic acids is 1. The van der Waals surface area contributed by atoms with Gasteiger partial charge in [-0.15, -0.1) is 5.10 Å². The van der Waals surface area contributed by atoms with Crippen molar-refractivity contribution in [1.82, 2.24) is 15.2 Å². The van der Waals surface area contributed by atoms with Gasteiger partial charge < -0.3 is 13.9 Å². The number of rotatable bonds is 6. The molecule has 3 heterocycles. The third kappa shape index (κ3) is 4.14. The first-order valence-electron chi connectivity index (χ1n) is 9.48. The van der Waals surface area contributed by atoms with Crippen molar-refractivity contribution in [3.63, 3.8) is 0 Å². The second kappa shape index (κ2) is 8.04. The fourth-order valence-corrected chi connectivity index (χ4v) is 3.48. The topological polar surface area (TPSA) is 119 Å². The van der Waals surface area contributed by atoms with E-state index in [9.17, 15) is 9.59 Å². The molecule has 0 radical (unpaired) electrons. The molecule has 1 aromatic carbocycles. The molecule has 2 aromatic heterocycles. The monoisotopic (exact) mass is 398 g/mol. The average Bonchev–Trinajstić information content (AvgIpc) is 3.37. The standard InChI is InChI=1S/C20H22N4O5/c1-11-8-18(26)29-16-10-15(27-2)12(9-13(11)16)5-6-17(25)21-20-22-19(23-24-20)14-4-3-7-28-14/h8-10,14H,3-7H2,1-2H3,(H2,21,22,23,24,25)/t14-/m1/s1. The highest BCUT2D eigenvalue weighted by molar-refractivity contribution is 5.89. The van der Waals surface area contributed by atoms with Crippen LogP contribution in [0.2, 0.25) is 0 Å². The number of fused-ring (bicyclic) bond motifs is 1. The van der Waals surface area contributed by atoms with E-state index in [1.807, 2.05) is 13.0 Å². The molecule has 1 saturated heterocycles. The Kier molecular flexibility index (Phi) is 5.30. The number of methoxy groups -OCH3 is 1. The maximum absolute atomic E-state index is 12.4. The normalized spacial score (nSPS) is 16.3. The summed E-state index contributed by atoms with van der Waals surface area (Å²) in [6.45, 7) is 2.56. The number of H-pyrrole nitrogens is 1. The Morgan fingerprint density at radius 1 is 1.38 bits per heavy atom. The number of nitrogens with zero attached hydrogens (tertiary/aromatic N) is 2. The molecule has 1 amide bonds. The van der Waals surface area contributed by atoms with E-state index in [-0.39, 0.29) is 24.4 Å². The van der Waals surface area contributed by atoms with Gasteiger partial charge in [-0.2, -0.15) is 4.98 Å². The minimum Gasteiger partial charge on any atom is -0.496 e. The molecule has 3 aromatic rings. The highest BCUT2D eigenvalue weighted by atomic mass is 16.5. The zero-order valence-corrected chi connectivity index (χ0v) is 16.3. The van der Waals surface area contributed by atoms with Crippen LogP contribution in [0.25, 0.3) is 11.0 Å². The number of benzene rings is 1. The fraction of sp³-hybridized carbons (Fsp3) is 0.400. The molecular weight excluding hydrogens is 376 g/mol. The summed E-state index contributed by atoms with van der Waals surface area (Å²) in [6, 6.07) is 5.02. The fourth-order valence-electron chi connectivity index (χ4n) is 3.48. The Labute approximate surface area is 166 Å². The molecule has 0 bridgehead atoms. The van der Waals surface area contributed by atoms with Crippen LogP contribution in [0.5, 0.6) is 5.75 Å². The minimum absolute atomic E-state index is 0.0849. The van der Waals surface area contributed by atoms with E-state index in [1.165, 1.54) is 6.07 Å². The van der Waals surface area contributed by atoms with E-state index >= 15 is 0 Å². The molecule has 0 spiro atoms. The summed E-state index contributed by atoms with van der Waals surface area (Å²) in [5.41, 5.74) is 1.72. The first-order valence-corrected chi connectivity index (χ1v) is 9.48. The van der Waals surface area contributed by atoms with Gasteiger partial charge in [-0.25, -0.2) is 4.79 Å². The van der Waals surface area contributed by atoms with E-state index < -0.39 is 5.63 Å². The Morgan fingerprint density at radius 3 is 3.00 bits per heavy atom. The van der Waals surface area contributed by atoms with Gasteiger partial charge in [0.15, 0.2) is 5.82 Å². The molecule has 0 unspecified atom stereocenters. The largest absolute Gasteiger partial charge is 0.496 e. The SMILES string of the molecule is COc1cc2oc(=O)cc(C)c2cc1CCC(=O)Nc1n[nH]c([C@H]2CCCO2)n1. The van der Waals surface area contributed by atoms with Crippen LogP contribution in [-0.4, -0.2) is 34.8 Å². The second-order valence-corrected chi connectivity index (χ2v) is 7.00. The number of ether oxygens (including phenoxy) is 2. The van der Waals surface area contributed by atoms with E-state index in [1.54, 1.807) is 13.2 Å². The Bertz CT molecular complexity index is 1100. The molecule has 4 rings (SSSR count). The molecule has 152 valence electrons. The molecule has 1 aliphatic heterocycles. The molecule has 1 aliphatic rings. The summed E-state index contributed by atoms with van der Waals surface area (Å²) in [5.74, 6) is 1.23. The van der Waals surface area contributed by atoms with Gasteiger partial charge in [0.25, 0.3) is 0 Å². The second-order valence-electron chi connectivity index (χ2n) is 7.00. The Balaban J connectivity index is 1.44. The number of hydrogen-bond acceptors (Lipinski definition) is 7. The highest BCUT2D eigenvalue weighted by Crippen LogP contribution is 2.28. The number of aryl methyl sites for hydroxylation is 2. The Hall–Kier alpha value is -3.20. The van der Waals surface area contributed by atoms with Crippen LogP contribution in [0.4, 0.5) is 5.95 Å².